The van der Waals surface area contributed by atoms with Crippen LogP contribution >= 0.6 is 0 Å². The maximum absolute atomic E-state index is 4.13. The van der Waals surface area contributed by atoms with Crippen LogP contribution in [0.4, 0.5) is 28.4 Å². The third-order valence-corrected chi connectivity index (χ3v) is 23.4. The van der Waals surface area contributed by atoms with Gasteiger partial charge in [-0.2, -0.15) is 0 Å². The average molecular weight is 1020 g/mol. The molecule has 0 bridgehead atoms. The number of rotatable bonds is 9. The molecule has 4 heteroatoms. The number of aromatic nitrogens is 1. The molecule has 1 radical (unpaired) electrons. The standard InChI is InChI=1S/C75H63BN3/c1-73(2)63-21-13-12-20-57(63)58-39-59(66(40-64(58)73)77-53-27-22-44(23-28-53)43-14-6-3-7-15-43)61-37-56(78(54-16-8-4-9-17-54)55-18-10-5-11-19-55)38-68-71(61)76-65-36-51(74-41-46-30-45-31-47(42-74)70(74)69(45)46)35-62-60-34-50(26-29-67(60)79(68)72(62)65)75-48-24-25-49(75)33-52(75)32-48/h3-23,26-29,34-40,45-49,52,69-70,77H,24-25,30-33,41-42H2,1-2H3. The molecule has 0 spiro atoms. The molecular formula is C75H63BN3. The summed E-state index contributed by atoms with van der Waals surface area (Å²) in [7, 11) is 2.65. The predicted molar refractivity (Wildman–Crippen MR) is 327 cm³/mol. The average Bonchev–Trinajstić information content (AvgIpc) is 2.73. The number of nitrogens with one attached hydrogen (secondary N) is 1. The molecule has 8 unspecified atom stereocenters. The molecule has 19 rings (SSSR count). The van der Waals surface area contributed by atoms with E-state index in [2.05, 4.69) is 230 Å². The van der Waals surface area contributed by atoms with Crippen LogP contribution in [-0.4, -0.2) is 11.8 Å². The first kappa shape index (κ1) is 44.3. The van der Waals surface area contributed by atoms with E-state index in [1.807, 2.05) is 0 Å². The highest BCUT2D eigenvalue weighted by atomic mass is 15.1. The van der Waals surface area contributed by atoms with Gasteiger partial charge < -0.3 is 14.8 Å². The fourth-order valence-corrected chi connectivity index (χ4v) is 20.2. The van der Waals surface area contributed by atoms with E-state index < -0.39 is 0 Å². The molecule has 0 saturated heterocycles. The summed E-state index contributed by atoms with van der Waals surface area (Å²) in [4.78, 5) is 2.49. The summed E-state index contributed by atoms with van der Waals surface area (Å²) in [6, 6.07) is 74.7. The van der Waals surface area contributed by atoms with Gasteiger partial charge in [0.2, 0.25) is 0 Å². The van der Waals surface area contributed by atoms with Crippen molar-refractivity contribution in [1.82, 2.24) is 4.57 Å². The van der Waals surface area contributed by atoms with Gasteiger partial charge in [-0.25, -0.2) is 0 Å². The Morgan fingerprint density at radius 1 is 0.519 bits per heavy atom. The Morgan fingerprint density at radius 2 is 1.20 bits per heavy atom. The second-order valence-electron chi connectivity index (χ2n) is 26.8. The van der Waals surface area contributed by atoms with Gasteiger partial charge >= 0.3 is 0 Å². The lowest BCUT2D eigenvalue weighted by Gasteiger charge is -2.65. The van der Waals surface area contributed by atoms with Crippen molar-refractivity contribution in [3.05, 3.63) is 216 Å². The van der Waals surface area contributed by atoms with Crippen LogP contribution in [0.25, 0.3) is 60.9 Å². The number of nitrogens with zero attached hydrogens (tertiary/aromatic N) is 2. The first-order valence-corrected chi connectivity index (χ1v) is 30.1. The predicted octanol–water partition coefficient (Wildman–Crippen LogP) is 17.2. The molecule has 8 aliphatic carbocycles. The van der Waals surface area contributed by atoms with Crippen molar-refractivity contribution in [3.8, 4) is 39.1 Å². The highest BCUT2D eigenvalue weighted by Crippen LogP contribution is 2.79. The van der Waals surface area contributed by atoms with E-state index in [0.717, 1.165) is 75.8 Å². The molecule has 1 aromatic heterocycles. The van der Waals surface area contributed by atoms with Crippen LogP contribution in [0, 0.1) is 47.3 Å². The number of para-hydroxylation sites is 2. The molecule has 9 aliphatic rings. The van der Waals surface area contributed by atoms with Crippen LogP contribution in [-0.2, 0) is 16.2 Å². The molecule has 0 amide bonds. The van der Waals surface area contributed by atoms with E-state index in [1.165, 1.54) is 134 Å². The van der Waals surface area contributed by atoms with Crippen molar-refractivity contribution in [2.45, 2.75) is 81.5 Å². The van der Waals surface area contributed by atoms with E-state index >= 15 is 0 Å². The van der Waals surface area contributed by atoms with E-state index in [1.54, 1.807) is 11.1 Å². The molecule has 7 fully saturated rings. The third kappa shape index (κ3) is 5.66. The Hall–Kier alpha value is -7.56. The van der Waals surface area contributed by atoms with Gasteiger partial charge in [0.05, 0.1) is 5.52 Å². The van der Waals surface area contributed by atoms with Gasteiger partial charge in [-0.3, -0.25) is 0 Å². The lowest BCUT2D eigenvalue weighted by atomic mass is 9.39. The fourth-order valence-electron chi connectivity index (χ4n) is 20.2. The van der Waals surface area contributed by atoms with Crippen molar-refractivity contribution >= 4 is 68.4 Å². The largest absolute Gasteiger partial charge is 0.355 e. The summed E-state index contributed by atoms with van der Waals surface area (Å²) in [6.07, 6.45) is 11.5. The van der Waals surface area contributed by atoms with E-state index in [-0.39, 0.29) is 5.41 Å². The highest BCUT2D eigenvalue weighted by molar-refractivity contribution is 6.73. The van der Waals surface area contributed by atoms with Crippen molar-refractivity contribution < 1.29 is 0 Å². The molecule has 381 valence electrons. The maximum atomic E-state index is 4.13. The highest BCUT2D eigenvalue weighted by Gasteiger charge is 2.73. The molecule has 8 atom stereocenters. The van der Waals surface area contributed by atoms with Crippen LogP contribution in [0.2, 0.25) is 0 Å². The summed E-state index contributed by atoms with van der Waals surface area (Å²) in [5.41, 5.74) is 26.4. The molecule has 1 N–H and O–H groups in total. The molecule has 1 aliphatic heterocycles. The number of hydrogen-bond donors (Lipinski definition) is 1. The summed E-state index contributed by atoms with van der Waals surface area (Å²) >= 11 is 0. The van der Waals surface area contributed by atoms with Crippen molar-refractivity contribution in [1.29, 1.82) is 0 Å². The topological polar surface area (TPSA) is 20.2 Å². The second-order valence-corrected chi connectivity index (χ2v) is 26.8. The number of hydrogen-bond acceptors (Lipinski definition) is 2. The Morgan fingerprint density at radius 3 is 1.96 bits per heavy atom. The lowest BCUT2D eigenvalue weighted by Crippen LogP contribution is -2.61. The molecule has 79 heavy (non-hydrogen) atoms. The van der Waals surface area contributed by atoms with Crippen molar-refractivity contribution in [3.63, 3.8) is 0 Å². The molecule has 3 nitrogen and oxygen atoms in total. The first-order valence-electron chi connectivity index (χ1n) is 30.1. The minimum absolute atomic E-state index is 0.177. The van der Waals surface area contributed by atoms with Crippen molar-refractivity contribution in [2.24, 2.45) is 47.3 Å². The summed E-state index contributed by atoms with van der Waals surface area (Å²) in [5.74, 6) is 7.24. The monoisotopic (exact) mass is 1020 g/mol. The Balaban J connectivity index is 0.886. The summed E-state index contributed by atoms with van der Waals surface area (Å²) < 4.78 is 2.74. The Bertz CT molecular complexity index is 4190. The normalized spacial score (nSPS) is 28.5. The van der Waals surface area contributed by atoms with Gasteiger partial charge in [0.1, 0.15) is 0 Å². The smallest absolute Gasteiger partial charge is 0.197 e. The van der Waals surface area contributed by atoms with Crippen molar-refractivity contribution in [2.75, 3.05) is 10.2 Å². The van der Waals surface area contributed by atoms with Crippen LogP contribution in [0.5, 0.6) is 0 Å². The van der Waals surface area contributed by atoms with Crippen LogP contribution in [0.3, 0.4) is 0 Å². The second kappa shape index (κ2) is 15.4. The SMILES string of the molecule is CC1(C)c2ccccc2-c2cc(-c3cc(N(c4ccccc4)c4ccccc4)cc4c3[B]c3cc(C56CC7CC8CC(C5)C6C87)cc5c6cc(C78C9CCC7CC8C9)ccc6n-4c35)c(Nc3ccc(-c4ccccc4)cc3)cc21. The zero-order valence-corrected chi connectivity index (χ0v) is 45.2. The van der Waals surface area contributed by atoms with Gasteiger partial charge in [-0.15, -0.1) is 0 Å². The summed E-state index contributed by atoms with van der Waals surface area (Å²) in [6.45, 7) is 4.83. The Kier molecular flexibility index (Phi) is 8.65. The third-order valence-electron chi connectivity index (χ3n) is 23.4. The van der Waals surface area contributed by atoms with Crippen LogP contribution < -0.4 is 21.1 Å². The Labute approximate surface area is 465 Å². The molecule has 7 saturated carbocycles. The first-order chi connectivity index (χ1) is 38.8. The van der Waals surface area contributed by atoms with Gasteiger partial charge in [-0.1, -0.05) is 135 Å². The van der Waals surface area contributed by atoms with Crippen LogP contribution in [0.15, 0.2) is 194 Å². The van der Waals surface area contributed by atoms with Gasteiger partial charge in [-0.05, 0) is 239 Å². The van der Waals surface area contributed by atoms with E-state index in [4.69, 9.17) is 0 Å². The molecule has 2 heterocycles. The molecule has 9 aromatic carbocycles. The minimum atomic E-state index is -0.177. The summed E-state index contributed by atoms with van der Waals surface area (Å²) in [5, 5.41) is 7.07. The van der Waals surface area contributed by atoms with Crippen LogP contribution in [0.1, 0.15) is 87.5 Å². The number of benzene rings is 9. The van der Waals surface area contributed by atoms with Gasteiger partial charge in [0.15, 0.2) is 7.28 Å². The van der Waals surface area contributed by atoms with Gasteiger partial charge in [0, 0.05) is 66.8 Å². The van der Waals surface area contributed by atoms with E-state index in [0.29, 0.717) is 10.8 Å². The number of fused-ring (bicyclic) bond motifs is 8. The van der Waals surface area contributed by atoms with Gasteiger partial charge in [0.25, 0.3) is 0 Å². The number of anilines is 5. The molecule has 10 aromatic rings. The molecular weight excluding hydrogens is 954 g/mol. The lowest BCUT2D eigenvalue weighted by molar-refractivity contribution is -0.0835. The maximum Gasteiger partial charge on any atom is 0.197 e. The van der Waals surface area contributed by atoms with E-state index in [9.17, 15) is 0 Å². The quantitative estimate of drug-likeness (QED) is 0.145. The fraction of sp³-hybridized carbons (Fsp3) is 0.280. The minimum Gasteiger partial charge on any atom is -0.355 e. The zero-order chi connectivity index (χ0) is 51.7. The zero-order valence-electron chi connectivity index (χ0n) is 45.2.